The lowest BCUT2D eigenvalue weighted by atomic mass is 9.52. The van der Waals surface area contributed by atoms with Crippen LogP contribution in [0.15, 0.2) is 34.7 Å². The van der Waals surface area contributed by atoms with E-state index in [2.05, 4.69) is 0 Å². The van der Waals surface area contributed by atoms with Gasteiger partial charge in [0.1, 0.15) is 36.4 Å². The Hall–Kier alpha value is -8.37. The molecular formula is C46H36O31. The molecule has 1 aliphatic carbocycles. The number of esters is 5. The first kappa shape index (κ1) is 49.5. The first-order valence-electron chi connectivity index (χ1n) is 22.4. The summed E-state index contributed by atoms with van der Waals surface area (Å²) < 4.78 is 57.3. The van der Waals surface area contributed by atoms with Crippen molar-refractivity contribution >= 4 is 51.8 Å². The van der Waals surface area contributed by atoms with Gasteiger partial charge in [-0.15, -0.1) is 0 Å². The van der Waals surface area contributed by atoms with Crippen LogP contribution in [0.4, 0.5) is 0 Å². The van der Waals surface area contributed by atoms with Crippen molar-refractivity contribution in [1.82, 2.24) is 0 Å². The third kappa shape index (κ3) is 6.27. The van der Waals surface area contributed by atoms with Gasteiger partial charge in [-0.25, -0.2) is 19.2 Å². The van der Waals surface area contributed by atoms with Crippen LogP contribution < -0.4 is 4.74 Å². The molecule has 6 aliphatic heterocycles. The van der Waals surface area contributed by atoms with Gasteiger partial charge in [-0.2, -0.15) is 0 Å². The molecule has 16 N–H and O–H groups in total. The fourth-order valence-corrected chi connectivity index (χ4v) is 11.4. The molecule has 1 aromatic heterocycles. The van der Waals surface area contributed by atoms with E-state index in [-0.39, 0.29) is 0 Å². The van der Waals surface area contributed by atoms with Crippen molar-refractivity contribution in [2.45, 2.75) is 84.5 Å². The molecule has 12 rings (SSSR count). The van der Waals surface area contributed by atoms with Gasteiger partial charge < -0.3 is 129 Å². The molecule has 4 fully saturated rings. The molecule has 4 aromatic carbocycles. The molecule has 5 aromatic rings. The number of benzene rings is 4. The van der Waals surface area contributed by atoms with Gasteiger partial charge in [-0.05, 0) is 30.3 Å². The van der Waals surface area contributed by atoms with Crippen LogP contribution in [-0.2, 0) is 42.7 Å². The number of aliphatic hydroxyl groups is 7. The summed E-state index contributed by atoms with van der Waals surface area (Å²) in [5.41, 5.74) is -9.98. The Kier molecular flexibility index (Phi) is 10.0. The zero-order valence-corrected chi connectivity index (χ0v) is 38.0. The van der Waals surface area contributed by atoms with Crippen molar-refractivity contribution in [2.75, 3.05) is 13.2 Å². The van der Waals surface area contributed by atoms with Crippen LogP contribution in [0.2, 0.25) is 0 Å². The first-order valence-corrected chi connectivity index (χ1v) is 22.4. The Morgan fingerprint density at radius 3 is 1.82 bits per heavy atom. The van der Waals surface area contributed by atoms with E-state index in [4.69, 9.17) is 47.0 Å². The minimum Gasteiger partial charge on any atom is -0.504 e. The fraction of sp³-hybridized carbons (Fsp3) is 0.370. The first-order chi connectivity index (χ1) is 36.1. The number of hydrogen-bond acceptors (Lipinski definition) is 31. The van der Waals surface area contributed by atoms with Crippen LogP contribution in [0, 0.1) is 5.41 Å². The normalized spacial score (nSPS) is 33.4. The molecule has 0 amide bonds. The van der Waals surface area contributed by atoms with E-state index in [1.54, 1.807) is 0 Å². The Morgan fingerprint density at radius 1 is 0.623 bits per heavy atom. The van der Waals surface area contributed by atoms with Gasteiger partial charge in [0, 0.05) is 22.8 Å². The maximum atomic E-state index is 15.9. The van der Waals surface area contributed by atoms with Crippen LogP contribution in [0.1, 0.15) is 59.3 Å². The summed E-state index contributed by atoms with van der Waals surface area (Å²) in [6.07, 6.45) is -21.5. The van der Waals surface area contributed by atoms with Gasteiger partial charge >= 0.3 is 29.8 Å². The number of cyclic esters (lactones) is 1. The monoisotopic (exact) mass is 1080 g/mol. The highest BCUT2D eigenvalue weighted by molar-refractivity contribution is 6.23. The summed E-state index contributed by atoms with van der Waals surface area (Å²) in [6, 6.07) is 2.61. The molecule has 12 unspecified atom stereocenters. The van der Waals surface area contributed by atoms with Crippen LogP contribution in [-0.4, -0.2) is 197 Å². The molecule has 12 atom stereocenters. The lowest BCUT2D eigenvalue weighted by Crippen LogP contribution is -2.86. The fourth-order valence-electron chi connectivity index (χ4n) is 11.4. The number of furan rings is 1. The minimum atomic E-state index is -4.60. The third-order valence-electron chi connectivity index (χ3n) is 14.9. The van der Waals surface area contributed by atoms with E-state index in [9.17, 15) is 91.3 Å². The SMILES string of the molecule is O=C(OC1OC2COC(=O)c3cc(O)c(O)c4oc5c(O)c(O)cc(c5c34)C(=O)OC3C2OC(=O)C24CC5(O)OCC(O)C5OC2C(O)(O)C(O)(O)C2(O)Oc5c(O)c(O)cc(c5C42)C(=O)OC13)c1cc(O)c(O)c(O)c1. The van der Waals surface area contributed by atoms with Crippen LogP contribution in [0.5, 0.6) is 57.5 Å². The standard InChI is InChI=1S/C46H36O31/c47-13-1-9(2-14(48)23(13)53)35(57)76-39-32-31-27(19(70-39)7-68-36(58)10-3-15(49)24(54)28-20(10)21-11(37(59)72-31)4-16(50)25(55)29(21)71-28)74-41(61)42-8-43(62)34(18(52)6-69-43)75-40(42)44(63,64)46(66,67)45(65)33(42)22-12(38(60)73-32)5-17(51)26(56)30(22)77-45/h1-5,18-19,27,31-34,39-40,47-56,62-67H,6-8H2. The van der Waals surface area contributed by atoms with Crippen LogP contribution >= 0.6 is 0 Å². The number of aromatic hydroxyl groups is 9. The molecule has 77 heavy (non-hydrogen) atoms. The zero-order valence-electron chi connectivity index (χ0n) is 38.0. The second-order valence-electron chi connectivity index (χ2n) is 19.2. The summed E-state index contributed by atoms with van der Waals surface area (Å²) in [4.78, 5) is 74.4. The number of fused-ring (bicyclic) bond motifs is 1. The van der Waals surface area contributed by atoms with Gasteiger partial charge in [0.25, 0.3) is 17.4 Å². The van der Waals surface area contributed by atoms with Gasteiger partial charge in [0.05, 0.1) is 34.8 Å². The summed E-state index contributed by atoms with van der Waals surface area (Å²) in [5.74, 6) is -40.1. The van der Waals surface area contributed by atoms with Crippen molar-refractivity contribution in [2.24, 2.45) is 5.41 Å². The molecule has 31 nitrogen and oxygen atoms in total. The largest absolute Gasteiger partial charge is 0.504 e. The second kappa shape index (κ2) is 15.6. The van der Waals surface area contributed by atoms with Crippen molar-refractivity contribution in [3.8, 4) is 57.5 Å². The molecule has 1 saturated carbocycles. The molecule has 31 heteroatoms. The number of phenolic OH excluding ortho intramolecular Hbond substituents is 9. The van der Waals surface area contributed by atoms with E-state index >= 15 is 14.4 Å². The number of rotatable bonds is 2. The number of carbonyl (C=O) groups excluding carboxylic acids is 5. The van der Waals surface area contributed by atoms with Crippen LogP contribution in [0.25, 0.3) is 21.9 Å². The van der Waals surface area contributed by atoms with Crippen molar-refractivity contribution in [3.05, 3.63) is 58.1 Å². The van der Waals surface area contributed by atoms with Gasteiger partial charge in [-0.3, -0.25) is 4.79 Å². The summed E-state index contributed by atoms with van der Waals surface area (Å²) in [7, 11) is 0. The molecule has 0 radical (unpaired) electrons. The Labute approximate surface area is 422 Å². The van der Waals surface area contributed by atoms with E-state index in [0.717, 1.165) is 0 Å². The lowest BCUT2D eigenvalue weighted by molar-refractivity contribution is -0.508. The zero-order chi connectivity index (χ0) is 55.3. The molecule has 7 heterocycles. The predicted octanol–water partition coefficient (Wildman–Crippen LogP) is -2.87. The summed E-state index contributed by atoms with van der Waals surface area (Å²) in [5, 5.41) is 178. The lowest BCUT2D eigenvalue weighted by Gasteiger charge is -2.63. The molecule has 7 aliphatic rings. The molecule has 1 spiro atoms. The van der Waals surface area contributed by atoms with Gasteiger partial charge in [0.15, 0.2) is 69.4 Å². The number of hydrogen-bond donors (Lipinski definition) is 16. The Balaban J connectivity index is 1.12. The number of phenols is 9. The highest BCUT2D eigenvalue weighted by atomic mass is 16.8. The van der Waals surface area contributed by atoms with E-state index < -0.39 is 240 Å². The highest BCUT2D eigenvalue weighted by Crippen LogP contribution is 2.71. The average Bonchev–Trinajstić information content (AvgIpc) is 4.05. The van der Waals surface area contributed by atoms with Crippen molar-refractivity contribution < 1.29 is 153 Å². The second-order valence-corrected chi connectivity index (χ2v) is 19.2. The third-order valence-corrected chi connectivity index (χ3v) is 14.9. The van der Waals surface area contributed by atoms with E-state index in [1.807, 2.05) is 0 Å². The smallest absolute Gasteiger partial charge is 0.340 e. The maximum absolute atomic E-state index is 15.9. The predicted molar refractivity (Wildman–Crippen MR) is 230 cm³/mol. The minimum absolute atomic E-state index is 0.370. The number of aliphatic hydroxyl groups excluding tert-OH is 1. The van der Waals surface area contributed by atoms with E-state index in [0.29, 0.717) is 30.3 Å². The highest BCUT2D eigenvalue weighted by Gasteiger charge is 2.88. The molecule has 3 saturated heterocycles. The van der Waals surface area contributed by atoms with Gasteiger partial charge in [-0.1, -0.05) is 0 Å². The van der Waals surface area contributed by atoms with E-state index in [1.165, 1.54) is 0 Å². The Bertz CT molecular complexity index is 3500. The molecular weight excluding hydrogens is 1050 g/mol. The van der Waals surface area contributed by atoms with Gasteiger partial charge in [0.2, 0.25) is 29.6 Å². The number of ether oxygens (including phenoxy) is 9. The topological polar surface area (TPSA) is 505 Å². The maximum Gasteiger partial charge on any atom is 0.340 e. The van der Waals surface area contributed by atoms with Crippen molar-refractivity contribution in [1.29, 1.82) is 0 Å². The quantitative estimate of drug-likeness (QED) is 0.0366. The summed E-state index contributed by atoms with van der Waals surface area (Å²) >= 11 is 0. The van der Waals surface area contributed by atoms with Crippen molar-refractivity contribution in [3.63, 3.8) is 0 Å². The Morgan fingerprint density at radius 2 is 1.18 bits per heavy atom. The number of carbonyl (C=O) groups is 5. The van der Waals surface area contributed by atoms with Crippen LogP contribution in [0.3, 0.4) is 0 Å². The summed E-state index contributed by atoms with van der Waals surface area (Å²) in [6.45, 7) is -2.19. The average molecular weight is 1080 g/mol. The molecule has 406 valence electrons. The molecule has 4 bridgehead atoms.